The van der Waals surface area contributed by atoms with Crippen molar-refractivity contribution in [1.82, 2.24) is 9.80 Å². The van der Waals surface area contributed by atoms with Crippen molar-refractivity contribution in [3.05, 3.63) is 22.6 Å². The van der Waals surface area contributed by atoms with Gasteiger partial charge in [0.25, 0.3) is 5.91 Å². The molecule has 1 N–H and O–H groups in total. The van der Waals surface area contributed by atoms with Gasteiger partial charge in [0.1, 0.15) is 6.04 Å². The third kappa shape index (κ3) is 3.68. The van der Waals surface area contributed by atoms with Gasteiger partial charge in [0.15, 0.2) is 10.4 Å². The molecular formula is C14H17BrN2O5. The molecule has 1 aromatic rings. The number of hydrogen-bond donors (Lipinski definition) is 1. The summed E-state index contributed by atoms with van der Waals surface area (Å²) in [5, 5.41) is 9.19. The Balaban J connectivity index is 2.00. The maximum atomic E-state index is 12.3. The Labute approximate surface area is 136 Å². The second-order valence-corrected chi connectivity index (χ2v) is 5.98. The first-order valence-corrected chi connectivity index (χ1v) is 7.72. The van der Waals surface area contributed by atoms with Gasteiger partial charge >= 0.3 is 5.97 Å². The van der Waals surface area contributed by atoms with Gasteiger partial charge in [0.05, 0.1) is 6.54 Å². The molecule has 2 rings (SSSR count). The fourth-order valence-corrected chi connectivity index (χ4v) is 2.78. The highest BCUT2D eigenvalue weighted by Crippen LogP contribution is 2.18. The fraction of sp³-hybridized carbons (Fsp3) is 0.500. The van der Waals surface area contributed by atoms with Crippen LogP contribution in [-0.2, 0) is 9.59 Å². The minimum atomic E-state index is -1.00. The number of piperidine rings is 1. The molecule has 2 heterocycles. The lowest BCUT2D eigenvalue weighted by Crippen LogP contribution is -2.51. The average Bonchev–Trinajstić information content (AvgIpc) is 2.92. The third-order valence-corrected chi connectivity index (χ3v) is 4.04. The normalized spacial score (nSPS) is 18.1. The highest BCUT2D eigenvalue weighted by atomic mass is 79.9. The van der Waals surface area contributed by atoms with Gasteiger partial charge in [0.2, 0.25) is 5.91 Å². The summed E-state index contributed by atoms with van der Waals surface area (Å²) in [4.78, 5) is 38.2. The summed E-state index contributed by atoms with van der Waals surface area (Å²) in [5.74, 6) is -1.68. The number of amides is 2. The number of likely N-dealkylation sites (N-methyl/N-ethyl adjacent to an activating group) is 1. The molecule has 22 heavy (non-hydrogen) atoms. The molecule has 120 valence electrons. The largest absolute Gasteiger partial charge is 0.480 e. The number of furan rings is 1. The van der Waals surface area contributed by atoms with Crippen LogP contribution in [0.1, 0.15) is 29.8 Å². The fourth-order valence-electron chi connectivity index (χ4n) is 2.47. The summed E-state index contributed by atoms with van der Waals surface area (Å²) < 4.78 is 5.59. The van der Waals surface area contributed by atoms with Crippen molar-refractivity contribution in [1.29, 1.82) is 0 Å². The van der Waals surface area contributed by atoms with E-state index in [1.54, 1.807) is 6.07 Å². The van der Waals surface area contributed by atoms with E-state index in [1.165, 1.54) is 22.9 Å². The molecule has 0 aromatic carbocycles. The van der Waals surface area contributed by atoms with Crippen molar-refractivity contribution in [3.63, 3.8) is 0 Å². The van der Waals surface area contributed by atoms with Gasteiger partial charge in [-0.25, -0.2) is 4.79 Å². The summed E-state index contributed by atoms with van der Waals surface area (Å²) in [6.07, 6.45) is 2.01. The smallest absolute Gasteiger partial charge is 0.326 e. The maximum absolute atomic E-state index is 12.3. The van der Waals surface area contributed by atoms with Crippen molar-refractivity contribution in [2.45, 2.75) is 25.3 Å². The number of carbonyl (C=O) groups is 3. The van der Waals surface area contributed by atoms with Crippen LogP contribution in [-0.4, -0.2) is 58.9 Å². The number of likely N-dealkylation sites (tertiary alicyclic amines) is 1. The van der Waals surface area contributed by atoms with E-state index in [2.05, 4.69) is 15.9 Å². The molecule has 0 spiro atoms. The quantitative estimate of drug-likeness (QED) is 0.866. The van der Waals surface area contributed by atoms with Crippen LogP contribution >= 0.6 is 15.9 Å². The van der Waals surface area contributed by atoms with Crippen LogP contribution in [0.15, 0.2) is 21.2 Å². The predicted octanol–water partition coefficient (Wildman–Crippen LogP) is 1.58. The number of carboxylic acids is 1. The number of carbonyl (C=O) groups excluding carboxylic acids is 2. The molecule has 0 unspecified atom stereocenters. The molecule has 1 saturated heterocycles. The molecule has 1 aliphatic heterocycles. The molecule has 0 saturated carbocycles. The van der Waals surface area contributed by atoms with Crippen LogP contribution in [0.25, 0.3) is 0 Å². The third-order valence-electron chi connectivity index (χ3n) is 3.61. The number of halogens is 1. The highest BCUT2D eigenvalue weighted by molar-refractivity contribution is 9.10. The number of hydrogen-bond acceptors (Lipinski definition) is 4. The number of aliphatic carboxylic acids is 1. The molecule has 0 radical (unpaired) electrons. The molecule has 1 fully saturated rings. The van der Waals surface area contributed by atoms with Gasteiger partial charge < -0.3 is 19.3 Å². The molecule has 1 aromatic heterocycles. The minimum Gasteiger partial charge on any atom is -0.480 e. The van der Waals surface area contributed by atoms with Gasteiger partial charge in [-0.1, -0.05) is 0 Å². The zero-order valence-corrected chi connectivity index (χ0v) is 13.7. The van der Waals surface area contributed by atoms with Gasteiger partial charge in [-0.3, -0.25) is 9.59 Å². The Morgan fingerprint density at radius 2 is 2.14 bits per heavy atom. The lowest BCUT2D eigenvalue weighted by Gasteiger charge is -2.34. The second kappa shape index (κ2) is 6.95. The van der Waals surface area contributed by atoms with Crippen LogP contribution in [0.3, 0.4) is 0 Å². The van der Waals surface area contributed by atoms with Crippen LogP contribution in [0, 0.1) is 0 Å². The topological polar surface area (TPSA) is 91.1 Å². The lowest BCUT2D eigenvalue weighted by atomic mass is 10.0. The summed E-state index contributed by atoms with van der Waals surface area (Å²) in [7, 11) is 1.48. The molecule has 0 bridgehead atoms. The summed E-state index contributed by atoms with van der Waals surface area (Å²) in [5.41, 5.74) is 0. The highest BCUT2D eigenvalue weighted by Gasteiger charge is 2.32. The SMILES string of the molecule is CN(CC(=O)N1CCCC[C@@H]1C(=O)O)C(=O)c1ccc(Br)o1. The summed E-state index contributed by atoms with van der Waals surface area (Å²) in [6.45, 7) is 0.227. The van der Waals surface area contributed by atoms with E-state index < -0.39 is 17.9 Å². The Morgan fingerprint density at radius 1 is 1.41 bits per heavy atom. The lowest BCUT2D eigenvalue weighted by molar-refractivity contribution is -0.152. The van der Waals surface area contributed by atoms with E-state index in [4.69, 9.17) is 4.42 Å². The number of nitrogens with zero attached hydrogens (tertiary/aromatic N) is 2. The van der Waals surface area contributed by atoms with Crippen LogP contribution < -0.4 is 0 Å². The molecule has 7 nitrogen and oxygen atoms in total. The number of rotatable bonds is 4. The summed E-state index contributed by atoms with van der Waals surface area (Å²) >= 11 is 3.11. The van der Waals surface area contributed by atoms with Crippen LogP contribution in [0.2, 0.25) is 0 Å². The van der Waals surface area contributed by atoms with Crippen molar-refractivity contribution in [2.24, 2.45) is 0 Å². The maximum Gasteiger partial charge on any atom is 0.326 e. The molecule has 1 aliphatic rings. The monoisotopic (exact) mass is 372 g/mol. The average molecular weight is 373 g/mol. The van der Waals surface area contributed by atoms with Crippen molar-refractivity contribution in [3.8, 4) is 0 Å². The summed E-state index contributed by atoms with van der Waals surface area (Å²) in [6, 6.07) is 2.30. The molecule has 0 aliphatic carbocycles. The van der Waals surface area contributed by atoms with Crippen LogP contribution in [0.4, 0.5) is 0 Å². The minimum absolute atomic E-state index is 0.121. The molecular weight excluding hydrogens is 356 g/mol. The zero-order chi connectivity index (χ0) is 16.3. The Bertz CT molecular complexity index is 586. The van der Waals surface area contributed by atoms with E-state index in [1.807, 2.05) is 0 Å². The van der Waals surface area contributed by atoms with E-state index in [0.29, 0.717) is 17.6 Å². The van der Waals surface area contributed by atoms with Crippen molar-refractivity contribution in [2.75, 3.05) is 20.1 Å². The second-order valence-electron chi connectivity index (χ2n) is 5.20. The molecule has 1 atom stereocenters. The van der Waals surface area contributed by atoms with Gasteiger partial charge in [0, 0.05) is 13.6 Å². The first-order chi connectivity index (χ1) is 10.4. The van der Waals surface area contributed by atoms with Crippen molar-refractivity contribution < 1.29 is 23.9 Å². The number of carboxylic acid groups (broad SMARTS) is 1. The first kappa shape index (κ1) is 16.5. The predicted molar refractivity (Wildman–Crippen MR) is 80.4 cm³/mol. The van der Waals surface area contributed by atoms with Crippen molar-refractivity contribution >= 4 is 33.7 Å². The van der Waals surface area contributed by atoms with E-state index in [0.717, 1.165) is 12.8 Å². The van der Waals surface area contributed by atoms with E-state index >= 15 is 0 Å². The van der Waals surface area contributed by atoms with Gasteiger partial charge in [-0.05, 0) is 47.3 Å². The standard InChI is InChI=1S/C14H17BrN2O5/c1-16(13(19)10-5-6-11(15)22-10)8-12(18)17-7-3-2-4-9(17)14(20)21/h5-6,9H,2-4,7-8H2,1H3,(H,20,21)/t9-/m1/s1. The van der Waals surface area contributed by atoms with Gasteiger partial charge in [-0.2, -0.15) is 0 Å². The van der Waals surface area contributed by atoms with E-state index in [9.17, 15) is 19.5 Å². The Hall–Kier alpha value is -1.83. The molecule has 8 heteroatoms. The van der Waals surface area contributed by atoms with Gasteiger partial charge in [-0.15, -0.1) is 0 Å². The van der Waals surface area contributed by atoms with E-state index in [-0.39, 0.29) is 18.2 Å². The Morgan fingerprint density at radius 3 is 2.73 bits per heavy atom. The molecule has 2 amide bonds. The first-order valence-electron chi connectivity index (χ1n) is 6.93. The zero-order valence-electron chi connectivity index (χ0n) is 12.1. The Kier molecular flexibility index (Phi) is 5.23. The van der Waals surface area contributed by atoms with Crippen LogP contribution in [0.5, 0.6) is 0 Å².